The zero-order chi connectivity index (χ0) is 22.2. The number of ether oxygens (including phenoxy) is 2. The SMILES string of the molecule is CC(=O)c1ccc(NC(=O)COC(=O)c2ccccc2OCc2ccc(F)cc2)cc1. The molecule has 3 aromatic rings. The van der Waals surface area contributed by atoms with E-state index in [0.717, 1.165) is 5.56 Å². The lowest BCUT2D eigenvalue weighted by Crippen LogP contribution is -2.21. The molecule has 0 aliphatic heterocycles. The van der Waals surface area contributed by atoms with Crippen LogP contribution in [0.15, 0.2) is 72.8 Å². The Bertz CT molecular complexity index is 1080. The zero-order valence-electron chi connectivity index (χ0n) is 16.8. The van der Waals surface area contributed by atoms with Crippen LogP contribution in [0.3, 0.4) is 0 Å². The predicted octanol–water partition coefficient (Wildman–Crippen LogP) is 4.40. The Morgan fingerprint density at radius 1 is 0.903 bits per heavy atom. The Balaban J connectivity index is 1.55. The normalized spacial score (nSPS) is 10.3. The lowest BCUT2D eigenvalue weighted by atomic mass is 10.1. The number of carbonyl (C=O) groups excluding carboxylic acids is 3. The van der Waals surface area contributed by atoms with Crippen LogP contribution in [0.1, 0.15) is 33.2 Å². The molecular formula is C24H20FNO5. The van der Waals surface area contributed by atoms with Crippen LogP contribution in [0, 0.1) is 5.82 Å². The monoisotopic (exact) mass is 421 g/mol. The average Bonchev–Trinajstić information content (AvgIpc) is 2.77. The summed E-state index contributed by atoms with van der Waals surface area (Å²) in [6.07, 6.45) is 0. The second kappa shape index (κ2) is 10.2. The maximum absolute atomic E-state index is 13.0. The van der Waals surface area contributed by atoms with Crippen LogP contribution in [0.25, 0.3) is 0 Å². The van der Waals surface area contributed by atoms with Gasteiger partial charge in [0.05, 0.1) is 0 Å². The number of amides is 1. The standard InChI is InChI=1S/C24H20FNO5/c1-16(27)18-8-12-20(13-9-18)26-23(28)15-31-24(29)21-4-2-3-5-22(21)30-14-17-6-10-19(25)11-7-17/h2-13H,14-15H2,1H3,(H,26,28). The summed E-state index contributed by atoms with van der Waals surface area (Å²) in [5, 5.41) is 2.59. The van der Waals surface area contributed by atoms with Crippen molar-refractivity contribution in [2.75, 3.05) is 11.9 Å². The van der Waals surface area contributed by atoms with Gasteiger partial charge in [0.2, 0.25) is 0 Å². The molecule has 1 N–H and O–H groups in total. The number of ketones is 1. The maximum Gasteiger partial charge on any atom is 0.342 e. The second-order valence-corrected chi connectivity index (χ2v) is 6.67. The van der Waals surface area contributed by atoms with Crippen LogP contribution in [0.4, 0.5) is 10.1 Å². The van der Waals surface area contributed by atoms with Crippen LogP contribution >= 0.6 is 0 Å². The number of benzene rings is 3. The first-order chi connectivity index (χ1) is 14.9. The summed E-state index contributed by atoms with van der Waals surface area (Å²) in [5.41, 5.74) is 1.92. The number of para-hydroxylation sites is 1. The van der Waals surface area contributed by atoms with Crippen molar-refractivity contribution in [2.45, 2.75) is 13.5 Å². The molecule has 158 valence electrons. The first kappa shape index (κ1) is 21.7. The summed E-state index contributed by atoms with van der Waals surface area (Å²) in [6.45, 7) is 1.11. The number of carbonyl (C=O) groups is 3. The van der Waals surface area contributed by atoms with E-state index in [1.54, 1.807) is 54.6 Å². The number of Topliss-reactive ketones (excluding diaryl/α,β-unsaturated/α-hetero) is 1. The zero-order valence-corrected chi connectivity index (χ0v) is 16.8. The van der Waals surface area contributed by atoms with Gasteiger partial charge in [-0.1, -0.05) is 24.3 Å². The summed E-state index contributed by atoms with van der Waals surface area (Å²) in [7, 11) is 0. The van der Waals surface area contributed by atoms with Gasteiger partial charge in [-0.25, -0.2) is 9.18 Å². The lowest BCUT2D eigenvalue weighted by molar-refractivity contribution is -0.119. The van der Waals surface area contributed by atoms with Crippen molar-refractivity contribution in [3.63, 3.8) is 0 Å². The molecule has 0 radical (unpaired) electrons. The van der Waals surface area contributed by atoms with E-state index < -0.39 is 18.5 Å². The highest BCUT2D eigenvalue weighted by Crippen LogP contribution is 2.20. The minimum atomic E-state index is -0.711. The van der Waals surface area contributed by atoms with Crippen molar-refractivity contribution in [1.29, 1.82) is 0 Å². The van der Waals surface area contributed by atoms with Gasteiger partial charge in [0.1, 0.15) is 23.7 Å². The second-order valence-electron chi connectivity index (χ2n) is 6.67. The summed E-state index contributed by atoms with van der Waals surface area (Å²) in [4.78, 5) is 35.8. The van der Waals surface area contributed by atoms with Crippen molar-refractivity contribution in [2.24, 2.45) is 0 Å². The number of rotatable bonds is 8. The predicted molar refractivity (Wildman–Crippen MR) is 113 cm³/mol. The quantitative estimate of drug-likeness (QED) is 0.431. The Morgan fingerprint density at radius 3 is 2.26 bits per heavy atom. The lowest BCUT2D eigenvalue weighted by Gasteiger charge is -2.11. The Kier molecular flexibility index (Phi) is 7.11. The number of nitrogens with one attached hydrogen (secondary N) is 1. The molecule has 0 spiro atoms. The molecule has 0 aliphatic rings. The number of esters is 1. The van der Waals surface area contributed by atoms with E-state index in [1.165, 1.54) is 25.1 Å². The van der Waals surface area contributed by atoms with Gasteiger partial charge in [0, 0.05) is 11.3 Å². The van der Waals surface area contributed by atoms with Gasteiger partial charge in [-0.05, 0) is 61.0 Å². The van der Waals surface area contributed by atoms with Crippen LogP contribution < -0.4 is 10.1 Å². The molecule has 0 aliphatic carbocycles. The first-order valence-electron chi connectivity index (χ1n) is 9.46. The van der Waals surface area contributed by atoms with Gasteiger partial charge >= 0.3 is 5.97 Å². The average molecular weight is 421 g/mol. The molecule has 0 saturated carbocycles. The van der Waals surface area contributed by atoms with Crippen LogP contribution in [-0.4, -0.2) is 24.3 Å². The van der Waals surface area contributed by atoms with Crippen molar-refractivity contribution in [3.8, 4) is 5.75 Å². The molecule has 7 heteroatoms. The molecule has 3 rings (SSSR count). The highest BCUT2D eigenvalue weighted by atomic mass is 19.1. The highest BCUT2D eigenvalue weighted by molar-refractivity contribution is 5.97. The fourth-order valence-electron chi connectivity index (χ4n) is 2.70. The molecule has 0 fully saturated rings. The van der Waals surface area contributed by atoms with Gasteiger partial charge in [-0.3, -0.25) is 9.59 Å². The highest BCUT2D eigenvalue weighted by Gasteiger charge is 2.15. The third-order valence-electron chi connectivity index (χ3n) is 4.32. The molecular weight excluding hydrogens is 401 g/mol. The van der Waals surface area contributed by atoms with Crippen molar-refractivity contribution in [1.82, 2.24) is 0 Å². The Morgan fingerprint density at radius 2 is 1.58 bits per heavy atom. The summed E-state index contributed by atoms with van der Waals surface area (Å²) in [6, 6.07) is 18.7. The van der Waals surface area contributed by atoms with Gasteiger partial charge in [0.15, 0.2) is 12.4 Å². The van der Waals surface area contributed by atoms with Crippen LogP contribution in [0.5, 0.6) is 5.75 Å². The first-order valence-corrected chi connectivity index (χ1v) is 9.46. The Hall–Kier alpha value is -4.00. The summed E-state index contributed by atoms with van der Waals surface area (Å²) < 4.78 is 23.8. The van der Waals surface area contributed by atoms with Crippen molar-refractivity contribution in [3.05, 3.63) is 95.3 Å². The molecule has 31 heavy (non-hydrogen) atoms. The number of anilines is 1. The van der Waals surface area contributed by atoms with E-state index in [0.29, 0.717) is 11.3 Å². The third kappa shape index (κ3) is 6.24. The molecule has 0 bridgehead atoms. The van der Waals surface area contributed by atoms with Gasteiger partial charge in [0.25, 0.3) is 5.91 Å². The minimum Gasteiger partial charge on any atom is -0.488 e. The Labute approximate surface area is 178 Å². The van der Waals surface area contributed by atoms with Gasteiger partial charge < -0.3 is 14.8 Å². The summed E-state index contributed by atoms with van der Waals surface area (Å²) in [5.74, 6) is -1.37. The number of halogens is 1. The number of hydrogen-bond acceptors (Lipinski definition) is 5. The summed E-state index contributed by atoms with van der Waals surface area (Å²) >= 11 is 0. The van der Waals surface area contributed by atoms with Gasteiger partial charge in [-0.15, -0.1) is 0 Å². The van der Waals surface area contributed by atoms with Crippen LogP contribution in [0.2, 0.25) is 0 Å². The van der Waals surface area contributed by atoms with E-state index >= 15 is 0 Å². The fourth-order valence-corrected chi connectivity index (χ4v) is 2.70. The molecule has 0 aromatic heterocycles. The topological polar surface area (TPSA) is 81.7 Å². The molecule has 6 nitrogen and oxygen atoms in total. The van der Waals surface area contributed by atoms with E-state index in [1.807, 2.05) is 0 Å². The molecule has 0 saturated heterocycles. The van der Waals surface area contributed by atoms with E-state index in [4.69, 9.17) is 9.47 Å². The number of hydrogen-bond donors (Lipinski definition) is 1. The third-order valence-corrected chi connectivity index (χ3v) is 4.32. The largest absolute Gasteiger partial charge is 0.488 e. The maximum atomic E-state index is 13.0. The van der Waals surface area contributed by atoms with E-state index in [9.17, 15) is 18.8 Å². The smallest absolute Gasteiger partial charge is 0.342 e. The van der Waals surface area contributed by atoms with E-state index in [2.05, 4.69) is 5.32 Å². The van der Waals surface area contributed by atoms with Gasteiger partial charge in [-0.2, -0.15) is 0 Å². The molecule has 0 atom stereocenters. The van der Waals surface area contributed by atoms with Crippen LogP contribution in [-0.2, 0) is 16.1 Å². The minimum absolute atomic E-state index is 0.0767. The van der Waals surface area contributed by atoms with Crippen molar-refractivity contribution >= 4 is 23.3 Å². The fraction of sp³-hybridized carbons (Fsp3) is 0.125. The molecule has 0 heterocycles. The molecule has 1 amide bonds. The van der Waals surface area contributed by atoms with Crippen molar-refractivity contribution < 1.29 is 28.2 Å². The molecule has 0 unspecified atom stereocenters. The van der Waals surface area contributed by atoms with E-state index in [-0.39, 0.29) is 29.5 Å². The molecule has 3 aromatic carbocycles.